The van der Waals surface area contributed by atoms with Crippen molar-refractivity contribution < 1.29 is 9.15 Å². The number of ether oxygens (including phenoxy) is 1. The Kier molecular flexibility index (Phi) is 4.43. The molecule has 0 aliphatic carbocycles. The SMILES string of the molecule is COCCn1cc(NC(C)c2ccc(Br)o2)cn1. The summed E-state index contributed by atoms with van der Waals surface area (Å²) in [4.78, 5) is 0. The Morgan fingerprint density at radius 3 is 3.06 bits per heavy atom. The van der Waals surface area contributed by atoms with Gasteiger partial charge in [-0.3, -0.25) is 4.68 Å². The Morgan fingerprint density at radius 2 is 2.39 bits per heavy atom. The lowest BCUT2D eigenvalue weighted by atomic mass is 10.2. The molecule has 2 rings (SSSR count). The Bertz CT molecular complexity index is 495. The van der Waals surface area contributed by atoms with E-state index in [0.717, 1.165) is 22.7 Å². The summed E-state index contributed by atoms with van der Waals surface area (Å²) >= 11 is 3.29. The van der Waals surface area contributed by atoms with E-state index in [2.05, 4.69) is 26.3 Å². The number of halogens is 1. The fourth-order valence-electron chi connectivity index (χ4n) is 1.63. The molecule has 0 radical (unpaired) electrons. The Balaban J connectivity index is 1.94. The maximum atomic E-state index is 5.50. The van der Waals surface area contributed by atoms with Crippen LogP contribution < -0.4 is 5.32 Å². The minimum Gasteiger partial charge on any atom is -0.452 e. The van der Waals surface area contributed by atoms with Crippen molar-refractivity contribution in [3.05, 3.63) is 35.0 Å². The van der Waals surface area contributed by atoms with Crippen LogP contribution in [0, 0.1) is 0 Å². The summed E-state index contributed by atoms with van der Waals surface area (Å²) in [5, 5.41) is 7.57. The van der Waals surface area contributed by atoms with Crippen LogP contribution in [-0.4, -0.2) is 23.5 Å². The van der Waals surface area contributed by atoms with Crippen LogP contribution in [0.2, 0.25) is 0 Å². The van der Waals surface area contributed by atoms with Gasteiger partial charge in [-0.25, -0.2) is 0 Å². The fraction of sp³-hybridized carbons (Fsp3) is 0.417. The predicted molar refractivity (Wildman–Crippen MR) is 72.5 cm³/mol. The third kappa shape index (κ3) is 3.36. The minimum atomic E-state index is 0.0939. The summed E-state index contributed by atoms with van der Waals surface area (Å²) in [5.41, 5.74) is 0.964. The van der Waals surface area contributed by atoms with Gasteiger partial charge in [0, 0.05) is 13.3 Å². The molecule has 0 bridgehead atoms. The van der Waals surface area contributed by atoms with Crippen LogP contribution in [0.25, 0.3) is 0 Å². The van der Waals surface area contributed by atoms with Crippen molar-refractivity contribution >= 4 is 21.6 Å². The number of nitrogens with zero attached hydrogens (tertiary/aromatic N) is 2. The summed E-state index contributed by atoms with van der Waals surface area (Å²) in [5.74, 6) is 0.881. The van der Waals surface area contributed by atoms with Crippen molar-refractivity contribution in [2.75, 3.05) is 19.0 Å². The lowest BCUT2D eigenvalue weighted by Gasteiger charge is -2.10. The Labute approximate surface area is 114 Å². The van der Waals surface area contributed by atoms with Crippen molar-refractivity contribution in [1.29, 1.82) is 0 Å². The van der Waals surface area contributed by atoms with Gasteiger partial charge in [-0.1, -0.05) is 0 Å². The van der Waals surface area contributed by atoms with Gasteiger partial charge in [-0.05, 0) is 35.0 Å². The Morgan fingerprint density at radius 1 is 1.56 bits per heavy atom. The molecule has 6 heteroatoms. The molecule has 1 N–H and O–H groups in total. The highest BCUT2D eigenvalue weighted by Crippen LogP contribution is 2.23. The van der Waals surface area contributed by atoms with Crippen LogP contribution in [0.3, 0.4) is 0 Å². The molecular formula is C12H16BrN3O2. The normalized spacial score (nSPS) is 12.6. The number of hydrogen-bond donors (Lipinski definition) is 1. The molecule has 2 aromatic rings. The first kappa shape index (κ1) is 13.2. The number of rotatable bonds is 6. The van der Waals surface area contributed by atoms with Crippen molar-refractivity contribution in [3.8, 4) is 0 Å². The first-order valence-electron chi connectivity index (χ1n) is 5.72. The summed E-state index contributed by atoms with van der Waals surface area (Å²) in [6.07, 6.45) is 3.75. The molecule has 2 aromatic heterocycles. The van der Waals surface area contributed by atoms with Gasteiger partial charge in [0.25, 0.3) is 0 Å². The van der Waals surface area contributed by atoms with E-state index in [9.17, 15) is 0 Å². The van der Waals surface area contributed by atoms with E-state index in [-0.39, 0.29) is 6.04 Å². The first-order valence-corrected chi connectivity index (χ1v) is 6.51. The van der Waals surface area contributed by atoms with E-state index >= 15 is 0 Å². The average Bonchev–Trinajstić information content (AvgIpc) is 2.96. The van der Waals surface area contributed by atoms with E-state index in [4.69, 9.17) is 9.15 Å². The van der Waals surface area contributed by atoms with Gasteiger partial charge in [-0.2, -0.15) is 5.10 Å². The molecular weight excluding hydrogens is 298 g/mol. The molecule has 1 atom stereocenters. The molecule has 2 heterocycles. The van der Waals surface area contributed by atoms with Crippen LogP contribution >= 0.6 is 15.9 Å². The lowest BCUT2D eigenvalue weighted by molar-refractivity contribution is 0.183. The lowest BCUT2D eigenvalue weighted by Crippen LogP contribution is -2.06. The standard InChI is InChI=1S/C12H16BrN3O2/c1-9(11-3-4-12(13)18-11)15-10-7-14-16(8-10)5-6-17-2/h3-4,7-9,15H,5-6H2,1-2H3. The number of hydrogen-bond acceptors (Lipinski definition) is 4. The highest BCUT2D eigenvalue weighted by molar-refractivity contribution is 9.10. The van der Waals surface area contributed by atoms with Crippen molar-refractivity contribution in [2.24, 2.45) is 0 Å². The van der Waals surface area contributed by atoms with Crippen molar-refractivity contribution in [3.63, 3.8) is 0 Å². The Hall–Kier alpha value is -1.27. The van der Waals surface area contributed by atoms with E-state index in [1.165, 1.54) is 0 Å². The van der Waals surface area contributed by atoms with Gasteiger partial charge in [0.05, 0.1) is 31.1 Å². The fourth-order valence-corrected chi connectivity index (χ4v) is 1.95. The van der Waals surface area contributed by atoms with Gasteiger partial charge < -0.3 is 14.5 Å². The third-order valence-corrected chi connectivity index (χ3v) is 2.99. The molecule has 0 amide bonds. The van der Waals surface area contributed by atoms with Crippen LogP contribution in [-0.2, 0) is 11.3 Å². The van der Waals surface area contributed by atoms with Crippen molar-refractivity contribution in [1.82, 2.24) is 9.78 Å². The van der Waals surface area contributed by atoms with E-state index in [1.807, 2.05) is 29.9 Å². The average molecular weight is 314 g/mol. The maximum Gasteiger partial charge on any atom is 0.169 e. The molecule has 18 heavy (non-hydrogen) atoms. The second kappa shape index (κ2) is 6.06. The summed E-state index contributed by atoms with van der Waals surface area (Å²) < 4.78 is 13.1. The van der Waals surface area contributed by atoms with Crippen LogP contribution in [0.4, 0.5) is 5.69 Å². The topological polar surface area (TPSA) is 52.2 Å². The van der Waals surface area contributed by atoms with Gasteiger partial charge in [0.1, 0.15) is 5.76 Å². The smallest absolute Gasteiger partial charge is 0.169 e. The second-order valence-electron chi connectivity index (χ2n) is 3.99. The monoisotopic (exact) mass is 313 g/mol. The van der Waals surface area contributed by atoms with E-state index in [0.29, 0.717) is 6.61 Å². The zero-order valence-corrected chi connectivity index (χ0v) is 12.0. The molecule has 0 saturated heterocycles. The first-order chi connectivity index (χ1) is 8.69. The minimum absolute atomic E-state index is 0.0939. The van der Waals surface area contributed by atoms with E-state index in [1.54, 1.807) is 13.3 Å². The van der Waals surface area contributed by atoms with E-state index < -0.39 is 0 Å². The highest BCUT2D eigenvalue weighted by Gasteiger charge is 2.10. The molecule has 0 aromatic carbocycles. The van der Waals surface area contributed by atoms with Crippen LogP contribution in [0.15, 0.2) is 33.6 Å². The number of aromatic nitrogens is 2. The zero-order chi connectivity index (χ0) is 13.0. The third-order valence-electron chi connectivity index (χ3n) is 2.56. The molecule has 1 unspecified atom stereocenters. The predicted octanol–water partition coefficient (Wildman–Crippen LogP) is 3.06. The van der Waals surface area contributed by atoms with Gasteiger partial charge in [0.15, 0.2) is 4.67 Å². The van der Waals surface area contributed by atoms with Gasteiger partial charge in [0.2, 0.25) is 0 Å². The van der Waals surface area contributed by atoms with Gasteiger partial charge in [-0.15, -0.1) is 0 Å². The second-order valence-corrected chi connectivity index (χ2v) is 4.77. The highest BCUT2D eigenvalue weighted by atomic mass is 79.9. The molecule has 5 nitrogen and oxygen atoms in total. The molecule has 0 aliphatic rings. The number of nitrogens with one attached hydrogen (secondary N) is 1. The molecule has 0 aliphatic heterocycles. The molecule has 0 saturated carbocycles. The number of furan rings is 1. The van der Waals surface area contributed by atoms with Crippen LogP contribution in [0.5, 0.6) is 0 Å². The summed E-state index contributed by atoms with van der Waals surface area (Å²) in [7, 11) is 1.68. The van der Waals surface area contributed by atoms with Crippen molar-refractivity contribution in [2.45, 2.75) is 19.5 Å². The van der Waals surface area contributed by atoms with Gasteiger partial charge >= 0.3 is 0 Å². The summed E-state index contributed by atoms with van der Waals surface area (Å²) in [6.45, 7) is 3.44. The zero-order valence-electron chi connectivity index (χ0n) is 10.4. The maximum absolute atomic E-state index is 5.50. The largest absolute Gasteiger partial charge is 0.452 e. The molecule has 0 fully saturated rings. The van der Waals surface area contributed by atoms with Crippen LogP contribution in [0.1, 0.15) is 18.7 Å². The quantitative estimate of drug-likeness (QED) is 0.890. The summed E-state index contributed by atoms with van der Waals surface area (Å²) in [6, 6.07) is 3.92. The molecule has 98 valence electrons. The number of anilines is 1. The molecule has 0 spiro atoms. The number of methoxy groups -OCH3 is 1.